The van der Waals surface area contributed by atoms with Crippen LogP contribution < -0.4 is 4.74 Å². The van der Waals surface area contributed by atoms with Crippen molar-refractivity contribution < 1.29 is 24.9 Å². The van der Waals surface area contributed by atoms with Gasteiger partial charge < -0.3 is 20.1 Å². The Morgan fingerprint density at radius 2 is 1.71 bits per heavy atom. The molecular formula is C19H22O5. The van der Waals surface area contributed by atoms with E-state index in [0.717, 1.165) is 5.56 Å². The fraction of sp³-hybridized carbons (Fsp3) is 0.316. The molecule has 2 aromatic rings. The predicted molar refractivity (Wildman–Crippen MR) is 91.3 cm³/mol. The summed E-state index contributed by atoms with van der Waals surface area (Å²) < 4.78 is 5.39. The Kier molecular flexibility index (Phi) is 5.02. The van der Waals surface area contributed by atoms with Crippen molar-refractivity contribution >= 4 is 5.78 Å². The van der Waals surface area contributed by atoms with Crippen LogP contribution in [-0.2, 0) is 6.42 Å². The van der Waals surface area contributed by atoms with Crippen molar-refractivity contribution in [3.05, 3.63) is 46.0 Å². The molecule has 0 aliphatic heterocycles. The van der Waals surface area contributed by atoms with Crippen molar-refractivity contribution in [2.45, 2.75) is 33.6 Å². The number of rotatable bonds is 5. The molecule has 0 unspecified atom stereocenters. The summed E-state index contributed by atoms with van der Waals surface area (Å²) in [6.07, 6.45) is 0.471. The Labute approximate surface area is 141 Å². The Bertz CT molecular complexity index is 793. The Morgan fingerprint density at radius 1 is 1.04 bits per heavy atom. The second-order valence-corrected chi connectivity index (χ2v) is 5.87. The Morgan fingerprint density at radius 3 is 2.29 bits per heavy atom. The van der Waals surface area contributed by atoms with Crippen LogP contribution in [0, 0.1) is 20.8 Å². The summed E-state index contributed by atoms with van der Waals surface area (Å²) in [6, 6.07) is 4.29. The molecule has 0 fully saturated rings. The lowest BCUT2D eigenvalue weighted by Crippen LogP contribution is -2.09. The van der Waals surface area contributed by atoms with E-state index in [0.29, 0.717) is 34.4 Å². The Hall–Kier alpha value is -2.69. The minimum absolute atomic E-state index is 0.0285. The van der Waals surface area contributed by atoms with Gasteiger partial charge in [-0.1, -0.05) is 6.07 Å². The van der Waals surface area contributed by atoms with Crippen LogP contribution >= 0.6 is 0 Å². The second-order valence-electron chi connectivity index (χ2n) is 5.87. The topological polar surface area (TPSA) is 87.0 Å². The number of Topliss-reactive ketones (excluding diaryl/α,β-unsaturated/α-hetero) is 1. The molecule has 2 rings (SSSR count). The number of aryl methyl sites for hydroxylation is 1. The van der Waals surface area contributed by atoms with E-state index in [1.807, 2.05) is 0 Å². The van der Waals surface area contributed by atoms with Gasteiger partial charge in [0.1, 0.15) is 23.0 Å². The minimum Gasteiger partial charge on any atom is -0.508 e. The number of ether oxygens (including phenoxy) is 1. The maximum Gasteiger partial charge on any atom is 0.167 e. The summed E-state index contributed by atoms with van der Waals surface area (Å²) in [4.78, 5) is 12.7. The molecule has 0 bridgehead atoms. The fourth-order valence-corrected chi connectivity index (χ4v) is 2.83. The number of aromatic hydroxyl groups is 3. The van der Waals surface area contributed by atoms with Crippen LogP contribution in [-0.4, -0.2) is 28.2 Å². The standard InChI is InChI=1S/C19H22O5/c1-10-11(2)19(24-4)17(12(3)18(10)23)15(21)8-6-13-5-7-14(20)9-16(13)22/h5,7,9,20,22-23H,6,8H2,1-4H3. The van der Waals surface area contributed by atoms with Crippen molar-refractivity contribution in [1.29, 1.82) is 0 Å². The SMILES string of the molecule is COc1c(C)c(C)c(O)c(C)c1C(=O)CCc1ccc(O)cc1O. The van der Waals surface area contributed by atoms with Gasteiger partial charge >= 0.3 is 0 Å². The van der Waals surface area contributed by atoms with Crippen LogP contribution in [0.25, 0.3) is 0 Å². The van der Waals surface area contributed by atoms with Crippen LogP contribution in [0.3, 0.4) is 0 Å². The van der Waals surface area contributed by atoms with Gasteiger partial charge in [-0.2, -0.15) is 0 Å². The average Bonchev–Trinajstić information content (AvgIpc) is 2.54. The number of benzene rings is 2. The van der Waals surface area contributed by atoms with E-state index >= 15 is 0 Å². The molecular weight excluding hydrogens is 308 g/mol. The Balaban J connectivity index is 2.33. The summed E-state index contributed by atoms with van der Waals surface area (Å²) in [7, 11) is 1.50. The van der Waals surface area contributed by atoms with Gasteiger partial charge in [0, 0.05) is 18.1 Å². The van der Waals surface area contributed by atoms with Gasteiger partial charge in [-0.05, 0) is 49.9 Å². The zero-order chi connectivity index (χ0) is 18.0. The molecule has 0 saturated carbocycles. The van der Waals surface area contributed by atoms with Gasteiger partial charge in [-0.25, -0.2) is 0 Å². The molecule has 0 atom stereocenters. The average molecular weight is 330 g/mol. The van der Waals surface area contributed by atoms with Gasteiger partial charge in [0.25, 0.3) is 0 Å². The van der Waals surface area contributed by atoms with Crippen molar-refractivity contribution in [2.24, 2.45) is 0 Å². The molecule has 0 amide bonds. The molecule has 0 saturated heterocycles. The zero-order valence-corrected chi connectivity index (χ0v) is 14.3. The highest BCUT2D eigenvalue weighted by molar-refractivity contribution is 6.01. The van der Waals surface area contributed by atoms with Gasteiger partial charge in [0.05, 0.1) is 12.7 Å². The third-order valence-corrected chi connectivity index (χ3v) is 4.39. The number of carbonyl (C=O) groups excluding carboxylic acids is 1. The minimum atomic E-state index is -0.171. The summed E-state index contributed by atoms with van der Waals surface area (Å²) in [6.45, 7) is 5.27. The van der Waals surface area contributed by atoms with E-state index in [9.17, 15) is 20.1 Å². The first-order chi connectivity index (χ1) is 11.3. The van der Waals surface area contributed by atoms with Crippen molar-refractivity contribution in [2.75, 3.05) is 7.11 Å². The number of hydrogen-bond acceptors (Lipinski definition) is 5. The molecule has 0 aliphatic carbocycles. The maximum atomic E-state index is 12.7. The lowest BCUT2D eigenvalue weighted by Gasteiger charge is -2.18. The molecule has 0 spiro atoms. The molecule has 5 nitrogen and oxygen atoms in total. The third kappa shape index (κ3) is 3.15. The van der Waals surface area contributed by atoms with Crippen LogP contribution in [0.2, 0.25) is 0 Å². The summed E-state index contributed by atoms with van der Waals surface area (Å²) in [5.41, 5.74) is 2.87. The summed E-state index contributed by atoms with van der Waals surface area (Å²) >= 11 is 0. The molecule has 0 radical (unpaired) electrons. The summed E-state index contributed by atoms with van der Waals surface area (Å²) in [5, 5.41) is 29.4. The smallest absolute Gasteiger partial charge is 0.167 e. The predicted octanol–water partition coefficient (Wildman–Crippen LogP) is 3.55. The van der Waals surface area contributed by atoms with Gasteiger partial charge in [-0.15, -0.1) is 0 Å². The highest BCUT2D eigenvalue weighted by Crippen LogP contribution is 2.37. The van der Waals surface area contributed by atoms with Crippen LogP contribution in [0.5, 0.6) is 23.0 Å². The number of hydrogen-bond donors (Lipinski definition) is 3. The number of phenolic OH excluding ortho intramolecular Hbond substituents is 3. The van der Waals surface area contributed by atoms with E-state index in [1.165, 1.54) is 19.2 Å². The number of carbonyl (C=O) groups is 1. The lowest BCUT2D eigenvalue weighted by molar-refractivity contribution is 0.0978. The fourth-order valence-electron chi connectivity index (χ4n) is 2.83. The molecule has 0 aromatic heterocycles. The maximum absolute atomic E-state index is 12.7. The largest absolute Gasteiger partial charge is 0.508 e. The molecule has 3 N–H and O–H groups in total. The van der Waals surface area contributed by atoms with Crippen molar-refractivity contribution in [3.63, 3.8) is 0 Å². The molecule has 128 valence electrons. The number of ketones is 1. The molecule has 0 aliphatic rings. The monoisotopic (exact) mass is 330 g/mol. The number of phenols is 3. The highest BCUT2D eigenvalue weighted by Gasteiger charge is 2.22. The first-order valence-corrected chi connectivity index (χ1v) is 7.68. The van der Waals surface area contributed by atoms with Gasteiger partial charge in [0.2, 0.25) is 0 Å². The van der Waals surface area contributed by atoms with Crippen LogP contribution in [0.4, 0.5) is 0 Å². The summed E-state index contributed by atoms with van der Waals surface area (Å²) in [5.74, 6) is 0.329. The molecule has 5 heteroatoms. The molecule has 0 heterocycles. The lowest BCUT2D eigenvalue weighted by atomic mass is 9.92. The van der Waals surface area contributed by atoms with Gasteiger partial charge in [0.15, 0.2) is 5.78 Å². The van der Waals surface area contributed by atoms with E-state index < -0.39 is 0 Å². The highest BCUT2D eigenvalue weighted by atomic mass is 16.5. The van der Waals surface area contributed by atoms with E-state index in [2.05, 4.69) is 0 Å². The normalized spacial score (nSPS) is 10.7. The second kappa shape index (κ2) is 6.83. The van der Waals surface area contributed by atoms with E-state index in [1.54, 1.807) is 26.8 Å². The van der Waals surface area contributed by atoms with Gasteiger partial charge in [-0.3, -0.25) is 4.79 Å². The van der Waals surface area contributed by atoms with E-state index in [-0.39, 0.29) is 29.5 Å². The number of methoxy groups -OCH3 is 1. The third-order valence-electron chi connectivity index (χ3n) is 4.39. The molecule has 24 heavy (non-hydrogen) atoms. The first-order valence-electron chi connectivity index (χ1n) is 7.68. The first kappa shape index (κ1) is 17.7. The van der Waals surface area contributed by atoms with E-state index in [4.69, 9.17) is 4.74 Å². The van der Waals surface area contributed by atoms with Crippen LogP contribution in [0.15, 0.2) is 18.2 Å². The molecule has 2 aromatic carbocycles. The zero-order valence-electron chi connectivity index (χ0n) is 14.3. The van der Waals surface area contributed by atoms with Crippen molar-refractivity contribution in [3.8, 4) is 23.0 Å². The quantitative estimate of drug-likeness (QED) is 0.730. The van der Waals surface area contributed by atoms with Crippen LogP contribution in [0.1, 0.15) is 39.0 Å². The van der Waals surface area contributed by atoms with Crippen molar-refractivity contribution in [1.82, 2.24) is 0 Å².